The van der Waals surface area contributed by atoms with Crippen LogP contribution in [0, 0.1) is 0 Å². The van der Waals surface area contributed by atoms with Gasteiger partial charge in [0.2, 0.25) is 10.0 Å². The summed E-state index contributed by atoms with van der Waals surface area (Å²) in [5.41, 5.74) is 2.74. The second-order valence-corrected chi connectivity index (χ2v) is 10.8. The summed E-state index contributed by atoms with van der Waals surface area (Å²) in [6.45, 7) is 4.19. The van der Waals surface area contributed by atoms with E-state index in [0.29, 0.717) is 19.6 Å². The minimum Gasteiger partial charge on any atom is -0.508 e. The van der Waals surface area contributed by atoms with Gasteiger partial charge in [0, 0.05) is 13.1 Å². The molecule has 5 rings (SSSR count). The van der Waals surface area contributed by atoms with Gasteiger partial charge in [-0.3, -0.25) is 4.90 Å². The number of phenols is 1. The summed E-state index contributed by atoms with van der Waals surface area (Å²) >= 11 is 0. The zero-order valence-corrected chi connectivity index (χ0v) is 20.0. The van der Waals surface area contributed by atoms with Crippen LogP contribution in [0.25, 0.3) is 0 Å². The van der Waals surface area contributed by atoms with E-state index in [0.717, 1.165) is 42.1 Å². The molecule has 2 heterocycles. The number of ether oxygens (including phenoxy) is 1. The molecule has 35 heavy (non-hydrogen) atoms. The van der Waals surface area contributed by atoms with E-state index in [1.165, 1.54) is 12.8 Å². The van der Waals surface area contributed by atoms with Crippen LogP contribution in [-0.2, 0) is 16.4 Å². The summed E-state index contributed by atoms with van der Waals surface area (Å²) < 4.78 is 34.8. The molecule has 7 heteroatoms. The molecule has 3 aromatic rings. The number of sulfonamides is 1. The Kier molecular flexibility index (Phi) is 7.79. The third kappa shape index (κ3) is 5.37. The van der Waals surface area contributed by atoms with E-state index in [4.69, 9.17) is 4.74 Å². The van der Waals surface area contributed by atoms with Crippen LogP contribution in [0.4, 0.5) is 0 Å². The zero-order chi connectivity index (χ0) is 23.5. The molecule has 1 N–H and O–H groups in total. The minimum absolute atomic E-state index is 0. The number of hydrogen-bond acceptors (Lipinski definition) is 5. The Morgan fingerprint density at radius 3 is 2.34 bits per heavy atom. The lowest BCUT2D eigenvalue weighted by Gasteiger charge is -2.37. The fourth-order valence-electron chi connectivity index (χ4n) is 4.97. The van der Waals surface area contributed by atoms with Crippen molar-refractivity contribution < 1.29 is 18.3 Å². The fraction of sp³-hybridized carbons (Fsp3) is 0.357. The smallest absolute Gasteiger partial charge is 0.243 e. The summed E-state index contributed by atoms with van der Waals surface area (Å²) in [6, 6.07) is 21.0. The van der Waals surface area contributed by atoms with Crippen LogP contribution >= 0.6 is 0 Å². The molecule has 2 aliphatic rings. The molecule has 0 amide bonds. The van der Waals surface area contributed by atoms with Crippen molar-refractivity contribution >= 4 is 10.0 Å². The van der Waals surface area contributed by atoms with E-state index in [1.807, 2.05) is 36.4 Å². The van der Waals surface area contributed by atoms with Gasteiger partial charge in [-0.2, -0.15) is 4.31 Å². The van der Waals surface area contributed by atoms with Gasteiger partial charge < -0.3 is 9.84 Å². The highest BCUT2D eigenvalue weighted by Crippen LogP contribution is 2.40. The first-order chi connectivity index (χ1) is 16.5. The molecule has 1 atom stereocenters. The van der Waals surface area contributed by atoms with E-state index >= 15 is 0 Å². The quantitative estimate of drug-likeness (QED) is 0.509. The first-order valence-corrected chi connectivity index (χ1v) is 13.3. The van der Waals surface area contributed by atoms with Gasteiger partial charge in [0.05, 0.1) is 10.9 Å². The summed E-state index contributed by atoms with van der Waals surface area (Å²) in [5.74, 6) is 0.973. The third-order valence-corrected chi connectivity index (χ3v) is 8.61. The van der Waals surface area contributed by atoms with E-state index in [-0.39, 0.29) is 18.1 Å². The first-order valence-electron chi connectivity index (χ1n) is 11.9. The van der Waals surface area contributed by atoms with Gasteiger partial charge >= 0.3 is 0 Å². The number of benzene rings is 3. The lowest BCUT2D eigenvalue weighted by atomic mass is 9.89. The van der Waals surface area contributed by atoms with E-state index in [9.17, 15) is 13.5 Å². The molecule has 0 radical (unpaired) electrons. The van der Waals surface area contributed by atoms with Gasteiger partial charge in [0.1, 0.15) is 18.1 Å². The number of likely N-dealkylation sites (tertiary alicyclic amines) is 1. The van der Waals surface area contributed by atoms with Crippen LogP contribution in [0.1, 0.15) is 43.0 Å². The minimum atomic E-state index is -3.71. The maximum absolute atomic E-state index is 13.6. The molecule has 1 fully saturated rings. The first kappa shape index (κ1) is 25.2. The van der Waals surface area contributed by atoms with Crippen molar-refractivity contribution in [2.75, 3.05) is 32.8 Å². The van der Waals surface area contributed by atoms with Crippen LogP contribution in [0.2, 0.25) is 0 Å². The predicted octanol–water partition coefficient (Wildman–Crippen LogP) is 4.84. The van der Waals surface area contributed by atoms with E-state index < -0.39 is 16.1 Å². The molecule has 2 aliphatic heterocycles. The van der Waals surface area contributed by atoms with Gasteiger partial charge in [-0.25, -0.2) is 8.42 Å². The molecule has 0 saturated carbocycles. The molecule has 186 valence electrons. The van der Waals surface area contributed by atoms with Crippen molar-refractivity contribution in [2.24, 2.45) is 0 Å². The summed E-state index contributed by atoms with van der Waals surface area (Å²) in [6.07, 6.45) is 3.07. The molecule has 0 spiro atoms. The van der Waals surface area contributed by atoms with Crippen LogP contribution in [0.15, 0.2) is 77.7 Å². The van der Waals surface area contributed by atoms with Crippen molar-refractivity contribution in [3.05, 3.63) is 89.5 Å². The normalized spacial score (nSPS) is 18.6. The molecule has 0 aromatic heterocycles. The van der Waals surface area contributed by atoms with Crippen LogP contribution < -0.4 is 4.74 Å². The number of nitrogens with zero attached hydrogens (tertiary/aromatic N) is 2. The SMILES string of the molecule is C.O=S(=O)(c1ccccc1)N1CCc2cc(O)ccc2C1c1ccc(OCCN2CCCC2)cc1. The lowest BCUT2D eigenvalue weighted by molar-refractivity contribution is 0.237. The molecular formula is C28H34N2O4S. The Balaban J connectivity index is 0.00000289. The van der Waals surface area contributed by atoms with E-state index in [1.54, 1.807) is 40.7 Å². The largest absolute Gasteiger partial charge is 0.508 e. The molecule has 0 bridgehead atoms. The Morgan fingerprint density at radius 1 is 0.914 bits per heavy atom. The average Bonchev–Trinajstić information content (AvgIpc) is 3.38. The predicted molar refractivity (Wildman–Crippen MR) is 138 cm³/mol. The number of hydrogen-bond donors (Lipinski definition) is 1. The van der Waals surface area contributed by atoms with Gasteiger partial charge in [-0.1, -0.05) is 43.8 Å². The molecule has 3 aromatic carbocycles. The maximum Gasteiger partial charge on any atom is 0.243 e. The summed E-state index contributed by atoms with van der Waals surface area (Å²) in [7, 11) is -3.71. The third-order valence-electron chi connectivity index (χ3n) is 6.73. The van der Waals surface area contributed by atoms with Crippen LogP contribution in [-0.4, -0.2) is 55.5 Å². The van der Waals surface area contributed by atoms with Crippen molar-refractivity contribution in [1.29, 1.82) is 0 Å². The lowest BCUT2D eigenvalue weighted by Crippen LogP contribution is -2.40. The molecular weight excluding hydrogens is 460 g/mol. The fourth-order valence-corrected chi connectivity index (χ4v) is 6.58. The zero-order valence-electron chi connectivity index (χ0n) is 19.1. The second kappa shape index (κ2) is 10.8. The Hall–Kier alpha value is -2.87. The number of rotatable bonds is 7. The van der Waals surface area contributed by atoms with Gasteiger partial charge in [0.15, 0.2) is 0 Å². The van der Waals surface area contributed by atoms with Gasteiger partial charge in [-0.05, 0) is 85.4 Å². The molecule has 1 saturated heterocycles. The monoisotopic (exact) mass is 494 g/mol. The van der Waals surface area contributed by atoms with Crippen molar-refractivity contribution in [3.8, 4) is 11.5 Å². The Bertz CT molecular complexity index is 1220. The highest BCUT2D eigenvalue weighted by molar-refractivity contribution is 7.89. The average molecular weight is 495 g/mol. The highest BCUT2D eigenvalue weighted by Gasteiger charge is 2.37. The second-order valence-electron chi connectivity index (χ2n) is 8.93. The summed E-state index contributed by atoms with van der Waals surface area (Å²) in [5, 5.41) is 9.99. The number of aromatic hydroxyl groups is 1. The standard InChI is InChI=1S/C27H30N2O4S.CH4/c30-23-10-13-26-22(20-23)14-17-29(34(31,32)25-6-2-1-3-7-25)27(26)21-8-11-24(12-9-21)33-19-18-28-15-4-5-16-28;/h1-3,6-13,20,27,30H,4-5,14-19H2;1H4. The molecule has 6 nitrogen and oxygen atoms in total. The van der Waals surface area contributed by atoms with Gasteiger partial charge in [-0.15, -0.1) is 0 Å². The Labute approximate surface area is 208 Å². The maximum atomic E-state index is 13.6. The molecule has 1 unspecified atom stereocenters. The molecule has 0 aliphatic carbocycles. The Morgan fingerprint density at radius 2 is 1.63 bits per heavy atom. The van der Waals surface area contributed by atoms with Crippen molar-refractivity contribution in [3.63, 3.8) is 0 Å². The highest BCUT2D eigenvalue weighted by atomic mass is 32.2. The van der Waals surface area contributed by atoms with Crippen LogP contribution in [0.5, 0.6) is 11.5 Å². The van der Waals surface area contributed by atoms with E-state index in [2.05, 4.69) is 4.90 Å². The topological polar surface area (TPSA) is 70.1 Å². The van der Waals surface area contributed by atoms with Crippen molar-refractivity contribution in [1.82, 2.24) is 9.21 Å². The number of fused-ring (bicyclic) bond motifs is 1. The summed E-state index contributed by atoms with van der Waals surface area (Å²) in [4.78, 5) is 2.69. The van der Waals surface area contributed by atoms with Gasteiger partial charge in [0.25, 0.3) is 0 Å². The van der Waals surface area contributed by atoms with Crippen molar-refractivity contribution in [2.45, 2.75) is 37.6 Å². The van der Waals surface area contributed by atoms with Crippen LogP contribution in [0.3, 0.4) is 0 Å². The number of phenolic OH excluding ortho intramolecular Hbond substituents is 1.